The Kier molecular flexibility index (Phi) is 3.69. The second-order valence-corrected chi connectivity index (χ2v) is 6.09. The van der Waals surface area contributed by atoms with Crippen LogP contribution in [0, 0.1) is 5.92 Å². The molecule has 0 bridgehead atoms. The fourth-order valence-corrected chi connectivity index (χ4v) is 3.32. The number of hydrogen-bond donors (Lipinski definition) is 2. The van der Waals surface area contributed by atoms with Gasteiger partial charge in [0.15, 0.2) is 0 Å². The van der Waals surface area contributed by atoms with Gasteiger partial charge in [0.1, 0.15) is 0 Å². The molecule has 114 valence electrons. The van der Waals surface area contributed by atoms with Gasteiger partial charge in [-0.25, -0.2) is 8.78 Å². The van der Waals surface area contributed by atoms with E-state index in [0.717, 1.165) is 11.1 Å². The summed E-state index contributed by atoms with van der Waals surface area (Å²) in [5.74, 6) is -3.22. The van der Waals surface area contributed by atoms with E-state index in [1.807, 2.05) is 24.3 Å². The molecule has 1 saturated carbocycles. The van der Waals surface area contributed by atoms with E-state index < -0.39 is 18.1 Å². The van der Waals surface area contributed by atoms with Gasteiger partial charge in [0.2, 0.25) is 11.8 Å². The number of aliphatic hydroxyl groups is 1. The molecule has 1 fully saturated rings. The number of carbonyl (C=O) groups excluding carboxylic acids is 1. The van der Waals surface area contributed by atoms with Gasteiger partial charge < -0.3 is 10.4 Å². The first kappa shape index (κ1) is 14.4. The van der Waals surface area contributed by atoms with Gasteiger partial charge in [-0.2, -0.15) is 0 Å². The molecule has 21 heavy (non-hydrogen) atoms. The number of aliphatic hydroxyl groups excluding tert-OH is 1. The van der Waals surface area contributed by atoms with Crippen molar-refractivity contribution in [1.82, 2.24) is 5.32 Å². The molecule has 0 saturated heterocycles. The summed E-state index contributed by atoms with van der Waals surface area (Å²) in [5, 5.41) is 13.0. The summed E-state index contributed by atoms with van der Waals surface area (Å²) in [6.07, 6.45) is -0.156. The van der Waals surface area contributed by atoms with Crippen molar-refractivity contribution in [2.45, 2.75) is 50.2 Å². The summed E-state index contributed by atoms with van der Waals surface area (Å²) < 4.78 is 26.3. The molecule has 3 rings (SSSR count). The van der Waals surface area contributed by atoms with Crippen molar-refractivity contribution < 1.29 is 18.7 Å². The van der Waals surface area contributed by atoms with E-state index in [-0.39, 0.29) is 37.5 Å². The average Bonchev–Trinajstić information content (AvgIpc) is 2.75. The lowest BCUT2D eigenvalue weighted by Crippen LogP contribution is -2.40. The van der Waals surface area contributed by atoms with Gasteiger partial charge in [-0.05, 0) is 24.0 Å². The molecule has 2 atom stereocenters. The molecule has 0 radical (unpaired) electrons. The van der Waals surface area contributed by atoms with E-state index in [1.165, 1.54) is 0 Å². The largest absolute Gasteiger partial charge is 0.390 e. The van der Waals surface area contributed by atoms with Gasteiger partial charge in [-0.3, -0.25) is 4.79 Å². The minimum absolute atomic E-state index is 0.212. The number of benzene rings is 1. The second kappa shape index (κ2) is 5.37. The summed E-state index contributed by atoms with van der Waals surface area (Å²) in [7, 11) is 0. The van der Waals surface area contributed by atoms with Crippen molar-refractivity contribution in [2.24, 2.45) is 5.92 Å². The minimum atomic E-state index is -2.63. The van der Waals surface area contributed by atoms with Crippen LogP contribution >= 0.6 is 0 Å². The Morgan fingerprint density at radius 3 is 2.62 bits per heavy atom. The summed E-state index contributed by atoms with van der Waals surface area (Å²) >= 11 is 0. The number of rotatable bonds is 2. The first-order valence-electron chi connectivity index (χ1n) is 7.40. The van der Waals surface area contributed by atoms with E-state index in [9.17, 15) is 18.7 Å². The van der Waals surface area contributed by atoms with Crippen LogP contribution in [0.15, 0.2) is 24.3 Å². The molecule has 1 aromatic carbocycles. The van der Waals surface area contributed by atoms with Gasteiger partial charge in [-0.15, -0.1) is 0 Å². The molecule has 2 aliphatic rings. The zero-order valence-corrected chi connectivity index (χ0v) is 11.7. The van der Waals surface area contributed by atoms with Gasteiger partial charge in [-0.1, -0.05) is 24.3 Å². The predicted octanol–water partition coefficient (Wildman–Crippen LogP) is 2.59. The molecule has 1 amide bonds. The summed E-state index contributed by atoms with van der Waals surface area (Å²) in [6, 6.07) is 7.18. The highest BCUT2D eigenvalue weighted by Gasteiger charge is 2.39. The molecule has 3 nitrogen and oxygen atoms in total. The minimum Gasteiger partial charge on any atom is -0.390 e. The maximum absolute atomic E-state index is 13.1. The Balaban J connectivity index is 1.66. The maximum Gasteiger partial charge on any atom is 0.248 e. The molecule has 0 spiro atoms. The van der Waals surface area contributed by atoms with Crippen LogP contribution in [-0.2, 0) is 11.2 Å². The molecule has 2 aliphatic carbocycles. The van der Waals surface area contributed by atoms with Crippen LogP contribution in [-0.4, -0.2) is 23.0 Å². The quantitative estimate of drug-likeness (QED) is 0.881. The van der Waals surface area contributed by atoms with Crippen LogP contribution in [0.2, 0.25) is 0 Å². The van der Waals surface area contributed by atoms with Crippen LogP contribution in [0.4, 0.5) is 8.78 Å². The average molecular weight is 295 g/mol. The lowest BCUT2D eigenvalue weighted by molar-refractivity contribution is -0.130. The molecule has 2 unspecified atom stereocenters. The van der Waals surface area contributed by atoms with Crippen molar-refractivity contribution >= 4 is 5.91 Å². The molecule has 2 N–H and O–H groups in total. The van der Waals surface area contributed by atoms with Crippen LogP contribution in [0.1, 0.15) is 42.9 Å². The van der Waals surface area contributed by atoms with Crippen LogP contribution in [0.3, 0.4) is 0 Å². The first-order chi connectivity index (χ1) is 9.96. The van der Waals surface area contributed by atoms with E-state index in [2.05, 4.69) is 5.32 Å². The summed E-state index contributed by atoms with van der Waals surface area (Å²) in [4.78, 5) is 12.3. The van der Waals surface area contributed by atoms with Crippen molar-refractivity contribution in [2.75, 3.05) is 0 Å². The van der Waals surface area contributed by atoms with Crippen molar-refractivity contribution in [3.8, 4) is 0 Å². The van der Waals surface area contributed by atoms with Crippen LogP contribution in [0.5, 0.6) is 0 Å². The molecule has 5 heteroatoms. The van der Waals surface area contributed by atoms with Gasteiger partial charge in [0, 0.05) is 25.2 Å². The fraction of sp³-hybridized carbons (Fsp3) is 0.562. The lowest BCUT2D eigenvalue weighted by atomic mass is 9.86. The van der Waals surface area contributed by atoms with Crippen molar-refractivity contribution in [3.63, 3.8) is 0 Å². The molecule has 0 aliphatic heterocycles. The number of alkyl halides is 2. The topological polar surface area (TPSA) is 49.3 Å². The molecular weight excluding hydrogens is 276 g/mol. The molecule has 0 aromatic heterocycles. The standard InChI is InChI=1S/C16H19F2NO2/c17-16(18)7-5-10(6-8-16)15(21)19-14-12-4-2-1-3-11(12)9-13(14)20/h1-4,10,13-14,20H,5-9H2,(H,19,21). The van der Waals surface area contributed by atoms with Gasteiger partial charge >= 0.3 is 0 Å². The Labute approximate surface area is 122 Å². The van der Waals surface area contributed by atoms with E-state index >= 15 is 0 Å². The highest BCUT2D eigenvalue weighted by molar-refractivity contribution is 5.79. The highest BCUT2D eigenvalue weighted by Crippen LogP contribution is 2.37. The lowest BCUT2D eigenvalue weighted by Gasteiger charge is -2.29. The zero-order chi connectivity index (χ0) is 15.0. The van der Waals surface area contributed by atoms with Crippen molar-refractivity contribution in [1.29, 1.82) is 0 Å². The Morgan fingerprint density at radius 2 is 1.90 bits per heavy atom. The monoisotopic (exact) mass is 295 g/mol. The van der Waals surface area contributed by atoms with Gasteiger partial charge in [0.05, 0.1) is 12.1 Å². The number of hydrogen-bond acceptors (Lipinski definition) is 2. The number of fused-ring (bicyclic) bond motifs is 1. The number of carbonyl (C=O) groups is 1. The molecular formula is C16H19F2NO2. The highest BCUT2D eigenvalue weighted by atomic mass is 19.3. The Morgan fingerprint density at radius 1 is 1.24 bits per heavy atom. The van der Waals surface area contributed by atoms with E-state index in [1.54, 1.807) is 0 Å². The van der Waals surface area contributed by atoms with Crippen LogP contribution < -0.4 is 5.32 Å². The normalized spacial score (nSPS) is 28.1. The Hall–Kier alpha value is -1.49. The third kappa shape index (κ3) is 2.93. The predicted molar refractivity (Wildman–Crippen MR) is 73.9 cm³/mol. The SMILES string of the molecule is O=C(NC1c2ccccc2CC1O)C1CCC(F)(F)CC1. The molecule has 1 aromatic rings. The maximum atomic E-state index is 13.1. The Bertz CT molecular complexity index is 537. The van der Waals surface area contributed by atoms with Gasteiger partial charge in [0.25, 0.3) is 0 Å². The molecule has 0 heterocycles. The van der Waals surface area contributed by atoms with E-state index in [0.29, 0.717) is 6.42 Å². The second-order valence-electron chi connectivity index (χ2n) is 6.09. The number of halogens is 2. The smallest absolute Gasteiger partial charge is 0.248 e. The third-order valence-corrected chi connectivity index (χ3v) is 4.59. The number of nitrogens with one attached hydrogen (secondary N) is 1. The summed E-state index contributed by atoms with van der Waals surface area (Å²) in [6.45, 7) is 0. The first-order valence-corrected chi connectivity index (χ1v) is 7.40. The summed E-state index contributed by atoms with van der Waals surface area (Å²) in [5.41, 5.74) is 1.96. The van der Waals surface area contributed by atoms with Crippen molar-refractivity contribution in [3.05, 3.63) is 35.4 Å². The fourth-order valence-electron chi connectivity index (χ4n) is 3.32. The number of amides is 1. The van der Waals surface area contributed by atoms with E-state index in [4.69, 9.17) is 0 Å². The third-order valence-electron chi connectivity index (χ3n) is 4.59. The zero-order valence-electron chi connectivity index (χ0n) is 11.7. The van der Waals surface area contributed by atoms with Crippen LogP contribution in [0.25, 0.3) is 0 Å².